The largest absolute Gasteiger partial charge is 0.451 e. The number of fused-ring (bicyclic) bond motifs is 1. The van der Waals surface area contributed by atoms with Crippen LogP contribution in [0.3, 0.4) is 0 Å². The van der Waals surface area contributed by atoms with E-state index < -0.39 is 5.97 Å². The molecule has 0 radical (unpaired) electrons. The van der Waals surface area contributed by atoms with Crippen LogP contribution in [0.2, 0.25) is 0 Å². The van der Waals surface area contributed by atoms with Crippen LogP contribution in [0.25, 0.3) is 10.6 Å². The summed E-state index contributed by atoms with van der Waals surface area (Å²) < 4.78 is 18.5. The van der Waals surface area contributed by atoms with Crippen molar-refractivity contribution in [1.29, 1.82) is 0 Å². The van der Waals surface area contributed by atoms with Gasteiger partial charge in [0.1, 0.15) is 15.7 Å². The molecule has 1 aromatic heterocycles. The lowest BCUT2D eigenvalue weighted by molar-refractivity contribution is -0.140. The van der Waals surface area contributed by atoms with Crippen LogP contribution >= 0.6 is 11.3 Å². The van der Waals surface area contributed by atoms with Gasteiger partial charge in [0.15, 0.2) is 6.61 Å². The highest BCUT2D eigenvalue weighted by Gasteiger charge is 2.36. The number of aromatic nitrogens is 1. The fraction of sp³-hybridized carbons (Fsp3) is 0.500. The lowest BCUT2D eigenvalue weighted by atomic mass is 9.78. The van der Waals surface area contributed by atoms with Gasteiger partial charge in [-0.05, 0) is 62.8 Å². The van der Waals surface area contributed by atoms with Crippen LogP contribution in [-0.2, 0) is 9.53 Å². The zero-order valence-electron chi connectivity index (χ0n) is 16.5. The fourth-order valence-corrected chi connectivity index (χ4v) is 5.48. The molecule has 0 N–H and O–H groups in total. The summed E-state index contributed by atoms with van der Waals surface area (Å²) in [6, 6.07) is 6.28. The third-order valence-electron chi connectivity index (χ3n) is 5.96. The van der Waals surface area contributed by atoms with Crippen LogP contribution < -0.4 is 0 Å². The molecule has 4 rings (SSSR count). The highest BCUT2D eigenvalue weighted by Crippen LogP contribution is 2.35. The standard InChI is InChI=1S/C22H25FN2O3S/c1-14-20(29-21(24-14)16-8-10-17(23)11-9-16)22(27)28-13-19(26)25-12-4-6-15-5-2-3-7-18(15)25/h8-11,15,18H,2-7,12-13H2,1H3/t15-,18-/m1/s1. The number of esters is 1. The quantitative estimate of drug-likeness (QED) is 0.684. The van der Waals surface area contributed by atoms with Crippen molar-refractivity contribution < 1.29 is 18.7 Å². The van der Waals surface area contributed by atoms with Gasteiger partial charge in [-0.15, -0.1) is 11.3 Å². The number of thiazole rings is 1. The van der Waals surface area contributed by atoms with Gasteiger partial charge in [-0.25, -0.2) is 14.2 Å². The number of hydrogen-bond acceptors (Lipinski definition) is 5. The number of ether oxygens (including phenoxy) is 1. The van der Waals surface area contributed by atoms with Gasteiger partial charge in [-0.3, -0.25) is 4.79 Å². The van der Waals surface area contributed by atoms with Crippen molar-refractivity contribution >= 4 is 23.2 Å². The molecule has 2 aliphatic rings. The molecule has 0 spiro atoms. The van der Waals surface area contributed by atoms with E-state index in [0.717, 1.165) is 31.4 Å². The maximum atomic E-state index is 13.1. The first-order valence-corrected chi connectivity index (χ1v) is 11.0. The molecule has 5 nitrogen and oxygen atoms in total. The second kappa shape index (κ2) is 8.61. The van der Waals surface area contributed by atoms with Gasteiger partial charge < -0.3 is 9.64 Å². The Hall–Kier alpha value is -2.28. The maximum Gasteiger partial charge on any atom is 0.350 e. The molecule has 1 amide bonds. The van der Waals surface area contributed by atoms with E-state index in [-0.39, 0.29) is 18.3 Å². The zero-order chi connectivity index (χ0) is 20.4. The first-order valence-electron chi connectivity index (χ1n) is 10.2. The number of carbonyl (C=O) groups is 2. The van der Waals surface area contributed by atoms with Crippen LogP contribution in [0.1, 0.15) is 53.9 Å². The predicted octanol–water partition coefficient (Wildman–Crippen LogP) is 4.60. The van der Waals surface area contributed by atoms with Gasteiger partial charge >= 0.3 is 5.97 Å². The molecule has 1 saturated heterocycles. The minimum absolute atomic E-state index is 0.101. The first-order chi connectivity index (χ1) is 14.0. The summed E-state index contributed by atoms with van der Waals surface area (Å²) in [5.41, 5.74) is 1.29. The Morgan fingerprint density at radius 2 is 1.90 bits per heavy atom. The Kier molecular flexibility index (Phi) is 5.94. The van der Waals surface area contributed by atoms with Gasteiger partial charge in [0.25, 0.3) is 5.91 Å². The van der Waals surface area contributed by atoms with Crippen molar-refractivity contribution in [2.45, 2.75) is 51.5 Å². The lowest BCUT2D eigenvalue weighted by Crippen LogP contribution is -2.50. The molecule has 29 heavy (non-hydrogen) atoms. The summed E-state index contributed by atoms with van der Waals surface area (Å²) in [7, 11) is 0. The third kappa shape index (κ3) is 4.34. The SMILES string of the molecule is Cc1nc(-c2ccc(F)cc2)sc1C(=O)OCC(=O)N1CCC[C@H]2CCCC[C@H]21. The molecule has 1 aliphatic carbocycles. The minimum Gasteiger partial charge on any atom is -0.451 e. The van der Waals surface area contributed by atoms with E-state index >= 15 is 0 Å². The number of likely N-dealkylation sites (tertiary alicyclic amines) is 1. The van der Waals surface area contributed by atoms with Crippen LogP contribution in [-0.4, -0.2) is 41.0 Å². The summed E-state index contributed by atoms with van der Waals surface area (Å²) >= 11 is 1.20. The van der Waals surface area contributed by atoms with Crippen LogP contribution in [0.4, 0.5) is 4.39 Å². The van der Waals surface area contributed by atoms with E-state index in [2.05, 4.69) is 4.98 Å². The summed E-state index contributed by atoms with van der Waals surface area (Å²) in [5, 5.41) is 0.627. The maximum absolute atomic E-state index is 13.1. The van der Waals surface area contributed by atoms with E-state index in [9.17, 15) is 14.0 Å². The number of nitrogens with zero attached hydrogens (tertiary/aromatic N) is 2. The molecule has 0 unspecified atom stereocenters. The molecule has 1 aliphatic heterocycles. The van der Waals surface area contributed by atoms with Crippen LogP contribution in [0.5, 0.6) is 0 Å². The second-order valence-corrected chi connectivity index (χ2v) is 8.86. The van der Waals surface area contributed by atoms with Crippen molar-refractivity contribution in [3.8, 4) is 10.6 Å². The van der Waals surface area contributed by atoms with Crippen LogP contribution in [0.15, 0.2) is 24.3 Å². The fourth-order valence-electron chi connectivity index (χ4n) is 4.51. The number of benzene rings is 1. The van der Waals surface area contributed by atoms with Crippen molar-refractivity contribution in [3.05, 3.63) is 40.7 Å². The number of aryl methyl sites for hydroxylation is 1. The average molecular weight is 417 g/mol. The Balaban J connectivity index is 1.39. The molecule has 1 saturated carbocycles. The van der Waals surface area contributed by atoms with Gasteiger partial charge in [0.05, 0.1) is 5.69 Å². The number of piperidine rings is 1. The molecule has 0 bridgehead atoms. The molecule has 7 heteroatoms. The molecule has 154 valence electrons. The van der Waals surface area contributed by atoms with E-state index in [1.807, 2.05) is 4.90 Å². The number of hydrogen-bond donors (Lipinski definition) is 0. The number of halogens is 1. The first kappa shape index (κ1) is 20.0. The Bertz CT molecular complexity index is 894. The highest BCUT2D eigenvalue weighted by molar-refractivity contribution is 7.17. The molecular formula is C22H25FN2O3S. The number of rotatable bonds is 4. The van der Waals surface area contributed by atoms with E-state index in [1.165, 1.54) is 42.7 Å². The van der Waals surface area contributed by atoms with E-state index in [4.69, 9.17) is 4.74 Å². The molecule has 2 heterocycles. The average Bonchev–Trinajstić information content (AvgIpc) is 3.13. The topological polar surface area (TPSA) is 59.5 Å². The van der Waals surface area contributed by atoms with Crippen molar-refractivity contribution in [1.82, 2.24) is 9.88 Å². The predicted molar refractivity (Wildman–Crippen MR) is 109 cm³/mol. The smallest absolute Gasteiger partial charge is 0.350 e. The van der Waals surface area contributed by atoms with E-state index in [1.54, 1.807) is 19.1 Å². The van der Waals surface area contributed by atoms with Gasteiger partial charge in [-0.2, -0.15) is 0 Å². The lowest BCUT2D eigenvalue weighted by Gasteiger charge is -2.44. The zero-order valence-corrected chi connectivity index (χ0v) is 17.3. The molecule has 2 fully saturated rings. The summed E-state index contributed by atoms with van der Waals surface area (Å²) in [4.78, 5) is 32.0. The van der Waals surface area contributed by atoms with Crippen molar-refractivity contribution in [2.75, 3.05) is 13.2 Å². The number of carbonyl (C=O) groups excluding carboxylic acids is 2. The van der Waals surface area contributed by atoms with Crippen molar-refractivity contribution in [2.24, 2.45) is 5.92 Å². The van der Waals surface area contributed by atoms with Crippen molar-refractivity contribution in [3.63, 3.8) is 0 Å². The molecule has 2 atom stereocenters. The van der Waals surface area contributed by atoms with Gasteiger partial charge in [0, 0.05) is 18.2 Å². The van der Waals surface area contributed by atoms with Gasteiger partial charge in [0.2, 0.25) is 0 Å². The highest BCUT2D eigenvalue weighted by atomic mass is 32.1. The minimum atomic E-state index is -0.529. The molecule has 2 aromatic rings. The summed E-state index contributed by atoms with van der Waals surface area (Å²) in [6.45, 7) is 2.26. The summed E-state index contributed by atoms with van der Waals surface area (Å²) in [6.07, 6.45) is 6.88. The van der Waals surface area contributed by atoms with Gasteiger partial charge in [-0.1, -0.05) is 12.8 Å². The Labute approximate surface area is 173 Å². The third-order valence-corrected chi connectivity index (χ3v) is 7.15. The normalized spacial score (nSPS) is 21.5. The summed E-state index contributed by atoms with van der Waals surface area (Å²) in [5.74, 6) is -0.355. The van der Waals surface area contributed by atoms with Crippen LogP contribution in [0, 0.1) is 18.7 Å². The Morgan fingerprint density at radius 1 is 1.17 bits per heavy atom. The molecule has 1 aromatic carbocycles. The van der Waals surface area contributed by atoms with E-state index in [0.29, 0.717) is 27.5 Å². The molecular weight excluding hydrogens is 391 g/mol. The number of amides is 1. The second-order valence-electron chi connectivity index (χ2n) is 7.86. The monoisotopic (exact) mass is 416 g/mol. The Morgan fingerprint density at radius 3 is 2.69 bits per heavy atom.